The van der Waals surface area contributed by atoms with E-state index >= 15 is 0 Å². The summed E-state index contributed by atoms with van der Waals surface area (Å²) >= 11 is 13.7. The molecule has 1 fully saturated rings. The van der Waals surface area contributed by atoms with Crippen molar-refractivity contribution in [2.45, 2.75) is 110 Å². The molecular weight excluding hydrogens is 774 g/mol. The highest BCUT2D eigenvalue weighted by atomic mass is 35.5. The van der Waals surface area contributed by atoms with Gasteiger partial charge in [0.15, 0.2) is 5.71 Å². The number of alkyl halides is 1. The third-order valence-corrected chi connectivity index (χ3v) is 13.3. The standard InChI is InChI=1S/C55H64Cl2N3/c1-6-11-15-22-43(9-4)60(44-23-16-14-17-24-44)55-40(30-34-51-46-25-19-18-21-42(56)32-36-50(45(46)10-5)58(51)38-12-7-2)28-29-41(55)31-35-52-48-27-20-26-47-49(57)33-37-53(54(47)48)59(52)39-13-8-3/h6,9,14-20,22-27,30,33-34,36-37,42,45H,1,7-8,10-13,21,28-29,31-32,35,38-39H2,2-5H3/q+1. The van der Waals surface area contributed by atoms with Gasteiger partial charge in [-0.3, -0.25) is 0 Å². The maximum absolute atomic E-state index is 6.83. The Bertz CT molecular complexity index is 2330. The highest BCUT2D eigenvalue weighted by Gasteiger charge is 2.36. The zero-order valence-corrected chi connectivity index (χ0v) is 37.9. The van der Waals surface area contributed by atoms with Gasteiger partial charge in [-0.05, 0) is 111 Å². The fraction of sp³-hybridized carbons (Fsp3) is 0.364. The van der Waals surface area contributed by atoms with Gasteiger partial charge in [-0.15, -0.1) is 18.2 Å². The Morgan fingerprint density at radius 3 is 2.55 bits per heavy atom. The Kier molecular flexibility index (Phi) is 15.1. The molecule has 0 radical (unpaired) electrons. The number of hydrogen-bond acceptors (Lipinski definition) is 2. The van der Waals surface area contributed by atoms with E-state index in [1.54, 1.807) is 0 Å². The van der Waals surface area contributed by atoms with E-state index in [2.05, 4.69) is 164 Å². The second kappa shape index (κ2) is 20.8. The van der Waals surface area contributed by atoms with Gasteiger partial charge in [-0.2, -0.15) is 4.58 Å². The first-order valence-electron chi connectivity index (χ1n) is 22.7. The van der Waals surface area contributed by atoms with Crippen LogP contribution in [0.2, 0.25) is 5.02 Å². The van der Waals surface area contributed by atoms with Crippen molar-refractivity contribution in [2.24, 2.45) is 5.92 Å². The van der Waals surface area contributed by atoms with Gasteiger partial charge in [0.25, 0.3) is 0 Å². The Hall–Kier alpha value is -4.57. The Labute approximate surface area is 370 Å². The number of para-hydroxylation sites is 1. The van der Waals surface area contributed by atoms with Crippen molar-refractivity contribution in [3.05, 3.63) is 178 Å². The average molecular weight is 838 g/mol. The molecule has 2 bridgehead atoms. The number of hydrogen-bond donors (Lipinski definition) is 0. The van der Waals surface area contributed by atoms with Crippen LogP contribution in [0.3, 0.4) is 0 Å². The van der Waals surface area contributed by atoms with Crippen LogP contribution < -0.4 is 4.90 Å². The van der Waals surface area contributed by atoms with Crippen LogP contribution >= 0.6 is 23.2 Å². The highest BCUT2D eigenvalue weighted by molar-refractivity contribution is 6.37. The number of nitrogens with zero attached hydrogens (tertiary/aromatic N) is 3. The molecule has 0 saturated carbocycles. The molecular formula is C55H64Cl2N3+. The van der Waals surface area contributed by atoms with Gasteiger partial charge in [0.1, 0.15) is 6.54 Å². The maximum Gasteiger partial charge on any atom is 0.214 e. The predicted molar refractivity (Wildman–Crippen MR) is 261 cm³/mol. The molecule has 1 saturated heterocycles. The van der Waals surface area contributed by atoms with Crippen molar-refractivity contribution in [2.75, 3.05) is 18.0 Å². The number of likely N-dealkylation sites (tertiary alicyclic amines) is 1. The van der Waals surface area contributed by atoms with Crippen LogP contribution in [0, 0.1) is 5.92 Å². The molecule has 0 N–H and O–H groups in total. The number of unbranched alkanes of at least 4 members (excludes halogenated alkanes) is 2. The summed E-state index contributed by atoms with van der Waals surface area (Å²) in [6, 6.07) is 22.0. The van der Waals surface area contributed by atoms with E-state index in [0.29, 0.717) is 5.92 Å². The largest absolute Gasteiger partial charge is 0.345 e. The quantitative estimate of drug-likeness (QED) is 0.0580. The SMILES string of the molecule is C=CCC=CC(=CC)N(C1=C(CCC2=[N+](CCCC)c3ccc(Cl)c4cccc2c34)CCC1=CC=C1C2=CC=CCC(Cl)CC=C(C2CC)N1CCCC)c1ccccc1. The van der Waals surface area contributed by atoms with Crippen molar-refractivity contribution in [3.63, 3.8) is 0 Å². The zero-order chi connectivity index (χ0) is 42.0. The molecule has 4 aliphatic rings. The summed E-state index contributed by atoms with van der Waals surface area (Å²) in [5.74, 6) is 0.361. The van der Waals surface area contributed by atoms with Gasteiger partial charge < -0.3 is 9.80 Å². The summed E-state index contributed by atoms with van der Waals surface area (Å²) in [6.07, 6.45) is 35.2. The molecule has 2 atom stereocenters. The van der Waals surface area contributed by atoms with Gasteiger partial charge in [-0.1, -0.05) is 124 Å². The molecule has 0 spiro atoms. The zero-order valence-electron chi connectivity index (χ0n) is 36.4. The topological polar surface area (TPSA) is 9.49 Å². The van der Waals surface area contributed by atoms with Crippen LogP contribution in [-0.4, -0.2) is 33.7 Å². The summed E-state index contributed by atoms with van der Waals surface area (Å²) < 4.78 is 2.60. The van der Waals surface area contributed by atoms with Gasteiger partial charge in [0.2, 0.25) is 5.69 Å². The molecule has 3 nitrogen and oxygen atoms in total. The van der Waals surface area contributed by atoms with Crippen molar-refractivity contribution < 1.29 is 4.58 Å². The van der Waals surface area contributed by atoms with E-state index in [-0.39, 0.29) is 5.38 Å². The Morgan fingerprint density at radius 1 is 0.950 bits per heavy atom. The summed E-state index contributed by atoms with van der Waals surface area (Å²) in [4.78, 5) is 5.15. The first kappa shape index (κ1) is 43.5. The molecule has 7 rings (SSSR count). The smallest absolute Gasteiger partial charge is 0.214 e. The minimum atomic E-state index is 0.111. The van der Waals surface area contributed by atoms with Gasteiger partial charge >= 0.3 is 0 Å². The molecule has 312 valence electrons. The fourth-order valence-corrected chi connectivity index (χ4v) is 10.0. The van der Waals surface area contributed by atoms with Gasteiger partial charge in [-0.25, -0.2) is 0 Å². The van der Waals surface area contributed by atoms with Crippen molar-refractivity contribution in [1.29, 1.82) is 0 Å². The molecule has 2 heterocycles. The second-order valence-corrected chi connectivity index (χ2v) is 17.5. The van der Waals surface area contributed by atoms with E-state index in [9.17, 15) is 0 Å². The minimum Gasteiger partial charge on any atom is -0.345 e. The summed E-state index contributed by atoms with van der Waals surface area (Å²) in [6.45, 7) is 15.1. The average Bonchev–Trinajstić information content (AvgIpc) is 3.90. The molecule has 0 aromatic heterocycles. The number of halogens is 2. The van der Waals surface area contributed by atoms with E-state index in [0.717, 1.165) is 101 Å². The number of benzene rings is 3. The minimum absolute atomic E-state index is 0.111. The molecule has 2 aliphatic carbocycles. The van der Waals surface area contributed by atoms with Gasteiger partial charge in [0.05, 0.1) is 10.9 Å². The first-order valence-corrected chi connectivity index (χ1v) is 23.5. The summed E-state index contributed by atoms with van der Waals surface area (Å²) in [5, 5.41) is 3.39. The number of rotatable bonds is 17. The lowest BCUT2D eigenvalue weighted by molar-refractivity contribution is -0.438. The van der Waals surface area contributed by atoms with Crippen LogP contribution in [-0.2, 0) is 0 Å². The van der Waals surface area contributed by atoms with Crippen LogP contribution in [0.15, 0.2) is 168 Å². The maximum atomic E-state index is 6.83. The van der Waals surface area contributed by atoms with Crippen LogP contribution in [0.5, 0.6) is 0 Å². The lowest BCUT2D eigenvalue weighted by atomic mass is 9.93. The van der Waals surface area contributed by atoms with E-state index in [1.165, 1.54) is 67.5 Å². The van der Waals surface area contributed by atoms with Crippen molar-refractivity contribution in [1.82, 2.24) is 4.90 Å². The number of fused-ring (bicyclic) bond motifs is 2. The van der Waals surface area contributed by atoms with E-state index in [1.807, 2.05) is 6.08 Å². The summed E-state index contributed by atoms with van der Waals surface area (Å²) in [7, 11) is 0. The van der Waals surface area contributed by atoms with Crippen LogP contribution in [0.1, 0.15) is 110 Å². The Balaban J connectivity index is 1.38. The van der Waals surface area contributed by atoms with Crippen molar-refractivity contribution in [3.8, 4) is 0 Å². The van der Waals surface area contributed by atoms with E-state index < -0.39 is 0 Å². The van der Waals surface area contributed by atoms with Crippen LogP contribution in [0.25, 0.3) is 10.8 Å². The second-order valence-electron chi connectivity index (χ2n) is 16.5. The van der Waals surface area contributed by atoms with E-state index in [4.69, 9.17) is 23.2 Å². The molecule has 0 amide bonds. The third-order valence-electron chi connectivity index (χ3n) is 12.6. The highest BCUT2D eigenvalue weighted by Crippen LogP contribution is 2.46. The van der Waals surface area contributed by atoms with Crippen molar-refractivity contribution >= 4 is 51.1 Å². The lowest BCUT2D eigenvalue weighted by Crippen LogP contribution is -2.22. The third kappa shape index (κ3) is 9.19. The van der Waals surface area contributed by atoms with Gasteiger partial charge in [0, 0.05) is 75.6 Å². The number of anilines is 1. The predicted octanol–water partition coefficient (Wildman–Crippen LogP) is 15.8. The lowest BCUT2D eigenvalue weighted by Gasteiger charge is -2.30. The monoisotopic (exact) mass is 836 g/mol. The fourth-order valence-electron chi connectivity index (χ4n) is 9.62. The number of allylic oxidation sites excluding steroid dienone is 14. The molecule has 3 aromatic carbocycles. The molecule has 60 heavy (non-hydrogen) atoms. The molecule has 2 aliphatic heterocycles. The van der Waals surface area contributed by atoms with Crippen LogP contribution in [0.4, 0.5) is 11.4 Å². The summed E-state index contributed by atoms with van der Waals surface area (Å²) in [5.41, 5.74) is 14.8. The molecule has 5 heteroatoms. The Morgan fingerprint density at radius 2 is 1.78 bits per heavy atom. The molecule has 2 unspecified atom stereocenters. The first-order chi connectivity index (χ1) is 29.4. The molecule has 3 aromatic rings. The normalized spacial score (nSPS) is 20.7.